The maximum atomic E-state index is 13.1. The second-order valence-corrected chi connectivity index (χ2v) is 8.64. The maximum absolute atomic E-state index is 13.1. The molecule has 2 N–H and O–H groups in total. The van der Waals surface area contributed by atoms with Gasteiger partial charge in [0.15, 0.2) is 5.76 Å². The van der Waals surface area contributed by atoms with Crippen molar-refractivity contribution in [2.45, 2.75) is 12.5 Å². The van der Waals surface area contributed by atoms with Crippen molar-refractivity contribution in [2.24, 2.45) is 0 Å². The third-order valence-corrected chi connectivity index (χ3v) is 6.12. The van der Waals surface area contributed by atoms with Crippen molar-refractivity contribution in [3.05, 3.63) is 53.4 Å². The molecule has 1 aromatic heterocycles. The number of nitrogens with zero attached hydrogens (tertiary/aromatic N) is 3. The normalized spacial score (nSPS) is 19.0. The fourth-order valence-corrected chi connectivity index (χ4v) is 4.31. The lowest BCUT2D eigenvalue weighted by Gasteiger charge is -2.38. The summed E-state index contributed by atoms with van der Waals surface area (Å²) in [6.45, 7) is 2.77. The lowest BCUT2D eigenvalue weighted by molar-refractivity contribution is -0.145. The van der Waals surface area contributed by atoms with Crippen molar-refractivity contribution in [3.8, 4) is 0 Å². The molecule has 0 spiro atoms. The quantitative estimate of drug-likeness (QED) is 0.629. The standard InChI is InChI=1S/C23H26ClN5O5/c24-16-3-1-4-17(13-16)26-20(30)14-18-22(32)25-6-7-29(18)21(31)15-27-8-10-28(11-9-27)23(33)19-5-2-12-34-19/h1-5,12-13,18H,6-11,14-15H2,(H,25,32)(H,26,30). The zero-order chi connectivity index (χ0) is 24.1. The average molecular weight is 488 g/mol. The Balaban J connectivity index is 1.31. The van der Waals surface area contributed by atoms with Crippen molar-refractivity contribution < 1.29 is 23.6 Å². The van der Waals surface area contributed by atoms with Crippen molar-refractivity contribution in [1.82, 2.24) is 20.0 Å². The summed E-state index contributed by atoms with van der Waals surface area (Å²) in [6.07, 6.45) is 1.30. The molecule has 1 atom stereocenters. The lowest BCUT2D eigenvalue weighted by Crippen LogP contribution is -2.60. The van der Waals surface area contributed by atoms with Gasteiger partial charge in [0.2, 0.25) is 17.7 Å². The fraction of sp³-hybridized carbons (Fsp3) is 0.391. The predicted octanol–water partition coefficient (Wildman–Crippen LogP) is 1.05. The molecule has 0 radical (unpaired) electrons. The zero-order valence-electron chi connectivity index (χ0n) is 18.5. The molecule has 4 rings (SSSR count). The smallest absolute Gasteiger partial charge is 0.289 e. The van der Waals surface area contributed by atoms with Crippen LogP contribution in [0.25, 0.3) is 0 Å². The lowest BCUT2D eigenvalue weighted by atomic mass is 10.1. The van der Waals surface area contributed by atoms with Gasteiger partial charge in [-0.25, -0.2) is 0 Å². The molecule has 0 aliphatic carbocycles. The van der Waals surface area contributed by atoms with Gasteiger partial charge in [-0.3, -0.25) is 24.1 Å². The van der Waals surface area contributed by atoms with E-state index in [0.717, 1.165) is 0 Å². The molecule has 34 heavy (non-hydrogen) atoms. The van der Waals surface area contributed by atoms with Crippen molar-refractivity contribution >= 4 is 40.9 Å². The molecule has 4 amide bonds. The minimum atomic E-state index is -0.887. The molecule has 10 nitrogen and oxygen atoms in total. The van der Waals surface area contributed by atoms with Crippen LogP contribution in [0.5, 0.6) is 0 Å². The molecule has 2 fully saturated rings. The Kier molecular flexibility index (Phi) is 7.49. The molecule has 0 bridgehead atoms. The highest BCUT2D eigenvalue weighted by atomic mass is 35.5. The average Bonchev–Trinajstić information content (AvgIpc) is 3.35. The van der Waals surface area contributed by atoms with Gasteiger partial charge in [-0.1, -0.05) is 17.7 Å². The summed E-state index contributed by atoms with van der Waals surface area (Å²) >= 11 is 5.95. The summed E-state index contributed by atoms with van der Waals surface area (Å²) in [4.78, 5) is 55.7. The molecule has 11 heteroatoms. The fourth-order valence-electron chi connectivity index (χ4n) is 4.12. The zero-order valence-corrected chi connectivity index (χ0v) is 19.3. The number of furan rings is 1. The Morgan fingerprint density at radius 3 is 2.59 bits per heavy atom. The molecule has 180 valence electrons. The first kappa shape index (κ1) is 23.8. The number of hydrogen-bond acceptors (Lipinski definition) is 6. The number of carbonyl (C=O) groups excluding carboxylic acids is 4. The Morgan fingerprint density at radius 1 is 1.09 bits per heavy atom. The van der Waals surface area contributed by atoms with Crippen LogP contribution in [-0.2, 0) is 14.4 Å². The molecule has 0 saturated carbocycles. The van der Waals surface area contributed by atoms with E-state index >= 15 is 0 Å². The SMILES string of the molecule is O=C(CC1C(=O)NCCN1C(=O)CN1CCN(C(=O)c2ccco2)CC1)Nc1cccc(Cl)c1. The van der Waals surface area contributed by atoms with E-state index < -0.39 is 6.04 Å². The number of rotatable bonds is 6. The van der Waals surface area contributed by atoms with E-state index in [9.17, 15) is 19.2 Å². The first-order chi connectivity index (χ1) is 16.4. The topological polar surface area (TPSA) is 115 Å². The van der Waals surface area contributed by atoms with E-state index in [2.05, 4.69) is 10.6 Å². The highest BCUT2D eigenvalue weighted by molar-refractivity contribution is 6.30. The van der Waals surface area contributed by atoms with E-state index in [1.807, 2.05) is 4.90 Å². The first-order valence-corrected chi connectivity index (χ1v) is 11.5. The summed E-state index contributed by atoms with van der Waals surface area (Å²) in [5.41, 5.74) is 0.522. The second kappa shape index (κ2) is 10.7. The van der Waals surface area contributed by atoms with Gasteiger partial charge in [-0.2, -0.15) is 0 Å². The summed E-state index contributed by atoms with van der Waals surface area (Å²) in [5, 5.41) is 5.93. The molecule has 1 aromatic carbocycles. The van der Waals surface area contributed by atoms with Crippen LogP contribution >= 0.6 is 11.6 Å². The number of carbonyl (C=O) groups is 4. The third-order valence-electron chi connectivity index (χ3n) is 5.89. The number of nitrogens with one attached hydrogen (secondary N) is 2. The summed E-state index contributed by atoms with van der Waals surface area (Å²) in [5.74, 6) is -0.833. The van der Waals surface area contributed by atoms with Gasteiger partial charge < -0.3 is 24.9 Å². The molecule has 2 aromatic rings. The Bertz CT molecular complexity index is 1050. The molecular formula is C23H26ClN5O5. The van der Waals surface area contributed by atoms with Gasteiger partial charge >= 0.3 is 0 Å². The molecule has 2 aliphatic heterocycles. The second-order valence-electron chi connectivity index (χ2n) is 8.20. The van der Waals surface area contributed by atoms with Crippen LogP contribution in [0.3, 0.4) is 0 Å². The Hall–Kier alpha value is -3.37. The minimum absolute atomic E-state index is 0.114. The van der Waals surface area contributed by atoms with Crippen LogP contribution < -0.4 is 10.6 Å². The number of anilines is 1. The highest BCUT2D eigenvalue weighted by Gasteiger charge is 2.35. The maximum Gasteiger partial charge on any atom is 0.289 e. The number of piperazine rings is 2. The van der Waals surface area contributed by atoms with Crippen LogP contribution in [0.15, 0.2) is 47.1 Å². The highest BCUT2D eigenvalue weighted by Crippen LogP contribution is 2.17. The van der Waals surface area contributed by atoms with E-state index in [1.165, 1.54) is 11.2 Å². The van der Waals surface area contributed by atoms with Crippen LogP contribution in [-0.4, -0.2) is 90.2 Å². The van der Waals surface area contributed by atoms with E-state index in [1.54, 1.807) is 41.3 Å². The van der Waals surface area contributed by atoms with Crippen molar-refractivity contribution in [1.29, 1.82) is 0 Å². The molecule has 1 unspecified atom stereocenters. The summed E-state index contributed by atoms with van der Waals surface area (Å²) < 4.78 is 5.17. The molecule has 2 saturated heterocycles. The monoisotopic (exact) mass is 487 g/mol. The van der Waals surface area contributed by atoms with Crippen LogP contribution in [0, 0.1) is 0 Å². The molecule has 3 heterocycles. The van der Waals surface area contributed by atoms with E-state index in [-0.39, 0.29) is 36.6 Å². The van der Waals surface area contributed by atoms with E-state index in [4.69, 9.17) is 16.0 Å². The van der Waals surface area contributed by atoms with Gasteiger partial charge in [0.05, 0.1) is 19.2 Å². The summed E-state index contributed by atoms with van der Waals surface area (Å²) in [6, 6.07) is 9.12. The first-order valence-electron chi connectivity index (χ1n) is 11.1. The van der Waals surface area contributed by atoms with Gasteiger partial charge in [-0.15, -0.1) is 0 Å². The Morgan fingerprint density at radius 2 is 1.88 bits per heavy atom. The Labute approximate surface area is 201 Å². The summed E-state index contributed by atoms with van der Waals surface area (Å²) in [7, 11) is 0. The minimum Gasteiger partial charge on any atom is -0.459 e. The number of benzene rings is 1. The van der Waals surface area contributed by atoms with Gasteiger partial charge in [-0.05, 0) is 30.3 Å². The largest absolute Gasteiger partial charge is 0.459 e. The van der Waals surface area contributed by atoms with Crippen molar-refractivity contribution in [3.63, 3.8) is 0 Å². The van der Waals surface area contributed by atoms with E-state index in [0.29, 0.717) is 55.7 Å². The molecule has 2 aliphatic rings. The van der Waals surface area contributed by atoms with Gasteiger partial charge in [0, 0.05) is 50.0 Å². The predicted molar refractivity (Wildman–Crippen MR) is 124 cm³/mol. The van der Waals surface area contributed by atoms with Crippen molar-refractivity contribution in [2.75, 3.05) is 51.1 Å². The number of halogens is 1. The van der Waals surface area contributed by atoms with Gasteiger partial charge in [0.1, 0.15) is 6.04 Å². The number of hydrogen-bond donors (Lipinski definition) is 2. The van der Waals surface area contributed by atoms with Gasteiger partial charge in [0.25, 0.3) is 5.91 Å². The number of amides is 4. The third kappa shape index (κ3) is 5.75. The van der Waals surface area contributed by atoms with Crippen LogP contribution in [0.1, 0.15) is 17.0 Å². The molecular weight excluding hydrogens is 462 g/mol. The van der Waals surface area contributed by atoms with Crippen LogP contribution in [0.4, 0.5) is 5.69 Å². The van der Waals surface area contributed by atoms with Crippen LogP contribution in [0.2, 0.25) is 5.02 Å².